The predicted molar refractivity (Wildman–Crippen MR) is 144 cm³/mol. The van der Waals surface area contributed by atoms with E-state index in [0.717, 1.165) is 39.3 Å². The molecule has 1 aliphatic heterocycles. The first-order valence-corrected chi connectivity index (χ1v) is 13.8. The van der Waals surface area contributed by atoms with Crippen LogP contribution in [0.4, 0.5) is 0 Å². The summed E-state index contributed by atoms with van der Waals surface area (Å²) < 4.78 is 32.7. The standard InChI is InChI=1S/C10H22O2.C8H16O2.C8H18O2.C2H6/c1-7(2)10(11-8(3)4)12-9(5)6;1-3-7(2)8-9-5-4-6-10-8;1-5-9-8(7(3)4)10-6-2;1-2/h7-10H,1-6H3;7-8H,3-6H2,1-2H3;7-8H,5-6H2,1-4H3;1-2H3. The average Bonchev–Trinajstić information content (AvgIpc) is 2.80. The number of hydrogen-bond donors (Lipinski definition) is 0. The van der Waals surface area contributed by atoms with Gasteiger partial charge in [0.05, 0.1) is 25.4 Å². The minimum Gasteiger partial charge on any atom is -0.353 e. The van der Waals surface area contributed by atoms with Gasteiger partial charge < -0.3 is 28.4 Å². The van der Waals surface area contributed by atoms with Crippen molar-refractivity contribution in [1.29, 1.82) is 0 Å². The fraction of sp³-hybridized carbons (Fsp3) is 1.00. The Bertz CT molecular complexity index is 363. The van der Waals surface area contributed by atoms with Crippen LogP contribution in [-0.4, -0.2) is 57.5 Å². The molecule has 1 unspecified atom stereocenters. The zero-order valence-corrected chi connectivity index (χ0v) is 25.3. The number of ether oxygens (including phenoxy) is 6. The van der Waals surface area contributed by atoms with Crippen LogP contribution in [0.3, 0.4) is 0 Å². The lowest BCUT2D eigenvalue weighted by Crippen LogP contribution is -2.30. The topological polar surface area (TPSA) is 55.4 Å². The highest BCUT2D eigenvalue weighted by molar-refractivity contribution is 4.58. The van der Waals surface area contributed by atoms with Gasteiger partial charge in [0.15, 0.2) is 18.9 Å². The van der Waals surface area contributed by atoms with Crippen molar-refractivity contribution in [3.8, 4) is 0 Å². The number of rotatable bonds is 12. The van der Waals surface area contributed by atoms with Crippen molar-refractivity contribution in [3.05, 3.63) is 0 Å². The summed E-state index contributed by atoms with van der Waals surface area (Å²) in [6, 6.07) is 0. The second kappa shape index (κ2) is 25.8. The molecule has 0 bridgehead atoms. The first kappa shape index (κ1) is 38.3. The monoisotopic (exact) mass is 494 g/mol. The molecule has 1 saturated heterocycles. The number of hydrogen-bond acceptors (Lipinski definition) is 6. The van der Waals surface area contributed by atoms with Crippen LogP contribution in [-0.2, 0) is 28.4 Å². The highest BCUT2D eigenvalue weighted by Crippen LogP contribution is 2.16. The first-order valence-electron chi connectivity index (χ1n) is 13.8. The third-order valence-corrected chi connectivity index (χ3v) is 4.52. The third-order valence-electron chi connectivity index (χ3n) is 4.52. The van der Waals surface area contributed by atoms with E-state index in [1.165, 1.54) is 0 Å². The summed E-state index contributed by atoms with van der Waals surface area (Å²) in [7, 11) is 0. The van der Waals surface area contributed by atoms with Crippen LogP contribution in [0.5, 0.6) is 0 Å². The van der Waals surface area contributed by atoms with Crippen LogP contribution in [0.15, 0.2) is 0 Å². The summed E-state index contributed by atoms with van der Waals surface area (Å²) in [5, 5.41) is 0. The van der Waals surface area contributed by atoms with E-state index in [4.69, 9.17) is 28.4 Å². The molecular weight excluding hydrogens is 432 g/mol. The third kappa shape index (κ3) is 23.5. The Morgan fingerprint density at radius 2 is 1.03 bits per heavy atom. The molecule has 1 heterocycles. The van der Waals surface area contributed by atoms with E-state index in [9.17, 15) is 0 Å². The Balaban J connectivity index is -0.000000410. The summed E-state index contributed by atoms with van der Waals surface area (Å²) in [5.74, 6) is 1.40. The van der Waals surface area contributed by atoms with Crippen molar-refractivity contribution >= 4 is 0 Å². The minimum atomic E-state index is -0.0648. The lowest BCUT2D eigenvalue weighted by molar-refractivity contribution is -0.202. The van der Waals surface area contributed by atoms with Gasteiger partial charge in [0.2, 0.25) is 0 Å². The average molecular weight is 495 g/mol. The van der Waals surface area contributed by atoms with Crippen LogP contribution in [0, 0.1) is 17.8 Å². The molecule has 0 amide bonds. The highest BCUT2D eigenvalue weighted by atomic mass is 16.7. The van der Waals surface area contributed by atoms with Gasteiger partial charge in [0, 0.05) is 31.0 Å². The second-order valence-electron chi connectivity index (χ2n) is 9.35. The molecule has 1 rings (SSSR count). The first-order chi connectivity index (χ1) is 16.0. The Labute approximate surface area is 213 Å². The zero-order valence-electron chi connectivity index (χ0n) is 25.3. The van der Waals surface area contributed by atoms with E-state index in [1.807, 2.05) is 55.4 Å². The van der Waals surface area contributed by atoms with Crippen molar-refractivity contribution in [2.75, 3.05) is 26.4 Å². The maximum Gasteiger partial charge on any atom is 0.160 e. The zero-order chi connectivity index (χ0) is 27.1. The quantitative estimate of drug-likeness (QED) is 0.259. The Hall–Kier alpha value is -0.240. The summed E-state index contributed by atoms with van der Waals surface area (Å²) in [5.41, 5.74) is 0. The maximum atomic E-state index is 5.60. The van der Waals surface area contributed by atoms with Gasteiger partial charge in [-0.3, -0.25) is 0 Å². The molecule has 1 aliphatic rings. The lowest BCUT2D eigenvalue weighted by atomic mass is 10.1. The molecule has 0 radical (unpaired) electrons. The normalized spacial score (nSPS) is 15.2. The Morgan fingerprint density at radius 3 is 1.29 bits per heavy atom. The second-order valence-corrected chi connectivity index (χ2v) is 9.35. The SMILES string of the molecule is CC.CC(C)OC(OC(C)C)C(C)C.CCC(C)C1OCCCO1.CCOC(OCC)C(C)C. The van der Waals surface area contributed by atoms with E-state index < -0.39 is 0 Å². The molecule has 0 aromatic heterocycles. The van der Waals surface area contributed by atoms with E-state index in [1.54, 1.807) is 0 Å². The molecule has 0 saturated carbocycles. The minimum absolute atomic E-state index is 0.0185. The fourth-order valence-electron chi connectivity index (χ4n) is 2.67. The Morgan fingerprint density at radius 1 is 0.647 bits per heavy atom. The van der Waals surface area contributed by atoms with E-state index in [0.29, 0.717) is 17.8 Å². The molecular formula is C28H62O6. The fourth-order valence-corrected chi connectivity index (χ4v) is 2.67. The summed E-state index contributed by atoms with van der Waals surface area (Å²) >= 11 is 0. The largest absolute Gasteiger partial charge is 0.353 e. The molecule has 0 spiro atoms. The van der Waals surface area contributed by atoms with Crippen LogP contribution in [0.25, 0.3) is 0 Å². The smallest absolute Gasteiger partial charge is 0.160 e. The van der Waals surface area contributed by atoms with Gasteiger partial charge in [-0.05, 0) is 54.4 Å². The molecule has 0 aromatic carbocycles. The van der Waals surface area contributed by atoms with E-state index in [2.05, 4.69) is 41.5 Å². The van der Waals surface area contributed by atoms with Gasteiger partial charge in [-0.15, -0.1) is 0 Å². The molecule has 1 fully saturated rings. The van der Waals surface area contributed by atoms with Crippen molar-refractivity contribution in [1.82, 2.24) is 0 Å². The van der Waals surface area contributed by atoms with Crippen molar-refractivity contribution < 1.29 is 28.4 Å². The maximum absolute atomic E-state index is 5.60. The molecule has 6 nitrogen and oxygen atoms in total. The van der Waals surface area contributed by atoms with Gasteiger partial charge in [0.25, 0.3) is 0 Å². The van der Waals surface area contributed by atoms with Crippen LogP contribution in [0.2, 0.25) is 0 Å². The van der Waals surface area contributed by atoms with Gasteiger partial charge in [-0.2, -0.15) is 0 Å². The van der Waals surface area contributed by atoms with Gasteiger partial charge in [0.1, 0.15) is 0 Å². The molecule has 1 atom stereocenters. The highest BCUT2D eigenvalue weighted by Gasteiger charge is 2.19. The Kier molecular flexibility index (Phi) is 29.1. The van der Waals surface area contributed by atoms with Gasteiger partial charge in [-0.1, -0.05) is 55.4 Å². The van der Waals surface area contributed by atoms with E-state index in [-0.39, 0.29) is 31.1 Å². The van der Waals surface area contributed by atoms with Crippen LogP contribution in [0.1, 0.15) is 110 Å². The molecule has 6 heteroatoms. The molecule has 34 heavy (non-hydrogen) atoms. The predicted octanol–water partition coefficient (Wildman–Crippen LogP) is 7.68. The van der Waals surface area contributed by atoms with E-state index >= 15 is 0 Å². The van der Waals surface area contributed by atoms with Crippen LogP contribution >= 0.6 is 0 Å². The van der Waals surface area contributed by atoms with Gasteiger partial charge in [-0.25, -0.2) is 0 Å². The summed E-state index contributed by atoms with van der Waals surface area (Å²) in [4.78, 5) is 0. The molecule has 210 valence electrons. The molecule has 0 N–H and O–H groups in total. The van der Waals surface area contributed by atoms with Crippen molar-refractivity contribution in [3.63, 3.8) is 0 Å². The van der Waals surface area contributed by atoms with Crippen molar-refractivity contribution in [2.24, 2.45) is 17.8 Å². The van der Waals surface area contributed by atoms with Gasteiger partial charge >= 0.3 is 0 Å². The van der Waals surface area contributed by atoms with Crippen molar-refractivity contribution in [2.45, 2.75) is 141 Å². The summed E-state index contributed by atoms with van der Waals surface area (Å²) in [6.07, 6.45) is 2.63. The van der Waals surface area contributed by atoms with Crippen LogP contribution < -0.4 is 0 Å². The lowest BCUT2D eigenvalue weighted by Gasteiger charge is -2.27. The summed E-state index contributed by atoms with van der Waals surface area (Å²) in [6.45, 7) is 32.0. The molecule has 0 aliphatic carbocycles. The molecule has 0 aromatic rings.